The molecule has 3 heterocycles. The summed E-state index contributed by atoms with van der Waals surface area (Å²) < 4.78 is 20.9. The van der Waals surface area contributed by atoms with Gasteiger partial charge in [0.1, 0.15) is 11.4 Å². The number of rotatable bonds is 4. The van der Waals surface area contributed by atoms with E-state index in [1.807, 2.05) is 25.7 Å². The van der Waals surface area contributed by atoms with Gasteiger partial charge in [-0.2, -0.15) is 5.10 Å². The van der Waals surface area contributed by atoms with E-state index in [0.717, 1.165) is 25.3 Å². The van der Waals surface area contributed by atoms with E-state index in [1.165, 1.54) is 12.1 Å². The lowest BCUT2D eigenvalue weighted by atomic mass is 9.90. The lowest BCUT2D eigenvalue weighted by Gasteiger charge is -2.35. The number of hydrogen-bond donors (Lipinski definition) is 0. The first kappa shape index (κ1) is 25.2. The molecule has 1 aromatic carbocycles. The Hall–Kier alpha value is -2.94. The highest BCUT2D eigenvalue weighted by Gasteiger charge is 2.33. The third-order valence-electron chi connectivity index (χ3n) is 6.75. The highest BCUT2D eigenvalue weighted by Crippen LogP contribution is 2.33. The number of hydrogen-bond acceptors (Lipinski definition) is 5. The van der Waals surface area contributed by atoms with Crippen LogP contribution in [0.3, 0.4) is 0 Å². The quantitative estimate of drug-likeness (QED) is 0.657. The third kappa shape index (κ3) is 5.83. The molecule has 0 unspecified atom stereocenters. The molecule has 4 rings (SSSR count). The second-order valence-corrected chi connectivity index (χ2v) is 10.3. The molecule has 0 bridgehead atoms. The van der Waals surface area contributed by atoms with Crippen LogP contribution >= 0.6 is 0 Å². The number of piperazine rings is 1. The van der Waals surface area contributed by atoms with Crippen LogP contribution in [0.4, 0.5) is 9.18 Å². The average molecular weight is 486 g/mol. The number of piperidine rings is 1. The summed E-state index contributed by atoms with van der Waals surface area (Å²) in [6.07, 6.45) is 2.72. The Kier molecular flexibility index (Phi) is 7.44. The second kappa shape index (κ2) is 10.4. The van der Waals surface area contributed by atoms with Gasteiger partial charge in [-0.1, -0.05) is 6.92 Å². The number of carbonyl (C=O) groups excluding carboxylic acids is 2. The van der Waals surface area contributed by atoms with Gasteiger partial charge >= 0.3 is 6.09 Å². The molecule has 2 aromatic rings. The molecule has 35 heavy (non-hydrogen) atoms. The first-order chi connectivity index (χ1) is 16.7. The van der Waals surface area contributed by atoms with Crippen molar-refractivity contribution < 1.29 is 18.7 Å². The molecule has 0 saturated carbocycles. The van der Waals surface area contributed by atoms with Crippen LogP contribution in [-0.2, 0) is 4.74 Å². The molecule has 2 aliphatic rings. The normalized spacial score (nSPS) is 18.1. The topological polar surface area (TPSA) is 70.9 Å². The molecule has 2 amide bonds. The molecule has 2 aliphatic heterocycles. The summed E-state index contributed by atoms with van der Waals surface area (Å²) in [6.45, 7) is 12.9. The largest absolute Gasteiger partial charge is 0.444 e. The first-order valence-corrected chi connectivity index (χ1v) is 12.5. The molecule has 0 radical (unpaired) electrons. The fraction of sp³-hybridized carbons (Fsp3) is 0.577. The minimum absolute atomic E-state index is 0.0151. The van der Waals surface area contributed by atoms with Crippen LogP contribution in [-0.4, -0.2) is 87.9 Å². The fourth-order valence-electron chi connectivity index (χ4n) is 4.80. The van der Waals surface area contributed by atoms with Gasteiger partial charge < -0.3 is 19.4 Å². The van der Waals surface area contributed by atoms with Crippen LogP contribution in [0, 0.1) is 5.82 Å². The van der Waals surface area contributed by atoms with E-state index in [2.05, 4.69) is 16.9 Å². The van der Waals surface area contributed by atoms with Crippen LogP contribution in [0.15, 0.2) is 30.5 Å². The highest BCUT2D eigenvalue weighted by molar-refractivity contribution is 5.95. The average Bonchev–Trinajstić information content (AvgIpc) is 3.28. The van der Waals surface area contributed by atoms with E-state index in [0.29, 0.717) is 50.3 Å². The zero-order chi connectivity index (χ0) is 25.2. The van der Waals surface area contributed by atoms with Crippen LogP contribution in [0.1, 0.15) is 62.5 Å². The molecular formula is C26H36FN5O3. The zero-order valence-electron chi connectivity index (χ0n) is 21.2. The molecular weight excluding hydrogens is 449 g/mol. The molecule has 0 atom stereocenters. The molecule has 9 heteroatoms. The van der Waals surface area contributed by atoms with Gasteiger partial charge in [0.25, 0.3) is 5.91 Å². The van der Waals surface area contributed by atoms with E-state index in [1.54, 1.807) is 27.9 Å². The van der Waals surface area contributed by atoms with E-state index >= 15 is 0 Å². The van der Waals surface area contributed by atoms with E-state index < -0.39 is 5.60 Å². The second-order valence-electron chi connectivity index (χ2n) is 10.3. The van der Waals surface area contributed by atoms with Crippen LogP contribution in [0.5, 0.6) is 0 Å². The van der Waals surface area contributed by atoms with Gasteiger partial charge in [-0.05, 0) is 64.4 Å². The van der Waals surface area contributed by atoms with Gasteiger partial charge in [0.05, 0.1) is 23.1 Å². The summed E-state index contributed by atoms with van der Waals surface area (Å²) in [6, 6.07) is 6.15. The molecule has 2 saturated heterocycles. The maximum Gasteiger partial charge on any atom is 0.410 e. The lowest BCUT2D eigenvalue weighted by molar-refractivity contribution is 0.0202. The molecule has 190 valence electrons. The van der Waals surface area contributed by atoms with Crippen molar-refractivity contribution in [1.82, 2.24) is 24.5 Å². The maximum absolute atomic E-state index is 13.6. The lowest BCUT2D eigenvalue weighted by Crippen LogP contribution is -2.48. The monoisotopic (exact) mass is 485 g/mol. The number of benzene rings is 1. The summed E-state index contributed by atoms with van der Waals surface area (Å²) in [7, 11) is 0. The van der Waals surface area contributed by atoms with Gasteiger partial charge in [0, 0.05) is 45.2 Å². The summed E-state index contributed by atoms with van der Waals surface area (Å²) in [5.41, 5.74) is 1.60. The molecule has 8 nitrogen and oxygen atoms in total. The molecule has 0 spiro atoms. The number of nitrogens with zero attached hydrogens (tertiary/aromatic N) is 5. The Bertz CT molecular complexity index is 1030. The van der Waals surface area contributed by atoms with Crippen molar-refractivity contribution in [1.29, 1.82) is 0 Å². The minimum Gasteiger partial charge on any atom is -0.444 e. The van der Waals surface area contributed by atoms with Crippen molar-refractivity contribution in [2.75, 3.05) is 45.8 Å². The molecule has 2 fully saturated rings. The van der Waals surface area contributed by atoms with Gasteiger partial charge in [-0.3, -0.25) is 4.79 Å². The number of likely N-dealkylation sites (N-methyl/N-ethyl adjacent to an activating group) is 1. The standard InChI is InChI=1S/C26H36FN5O3/c1-5-29-14-16-30(17-15-29)24(33)22-18-28-32(21-8-6-20(27)7-9-21)23(22)19-10-12-31(13-11-19)25(34)35-26(2,3)4/h6-9,18-19H,5,10-17H2,1-4H3. The molecule has 0 aliphatic carbocycles. The Morgan fingerprint density at radius 3 is 2.20 bits per heavy atom. The number of halogens is 1. The van der Waals surface area contributed by atoms with E-state index in [-0.39, 0.29) is 23.7 Å². The van der Waals surface area contributed by atoms with Crippen LogP contribution in [0.2, 0.25) is 0 Å². The van der Waals surface area contributed by atoms with Crippen molar-refractivity contribution in [3.63, 3.8) is 0 Å². The fourth-order valence-corrected chi connectivity index (χ4v) is 4.80. The van der Waals surface area contributed by atoms with E-state index in [4.69, 9.17) is 4.74 Å². The van der Waals surface area contributed by atoms with Crippen molar-refractivity contribution >= 4 is 12.0 Å². The highest BCUT2D eigenvalue weighted by atomic mass is 19.1. The summed E-state index contributed by atoms with van der Waals surface area (Å²) in [5.74, 6) is -0.297. The van der Waals surface area contributed by atoms with Crippen molar-refractivity contribution in [3.8, 4) is 5.69 Å². The van der Waals surface area contributed by atoms with Crippen molar-refractivity contribution in [2.24, 2.45) is 0 Å². The molecule has 1 aromatic heterocycles. The van der Waals surface area contributed by atoms with Crippen LogP contribution in [0.25, 0.3) is 5.69 Å². The number of ether oxygens (including phenoxy) is 1. The SMILES string of the molecule is CCN1CCN(C(=O)c2cnn(-c3ccc(F)cc3)c2C2CCN(C(=O)OC(C)(C)C)CC2)CC1. The maximum atomic E-state index is 13.6. The van der Waals surface area contributed by atoms with Crippen molar-refractivity contribution in [2.45, 2.75) is 52.1 Å². The van der Waals surface area contributed by atoms with Gasteiger partial charge in [0.2, 0.25) is 0 Å². The van der Waals surface area contributed by atoms with Gasteiger partial charge in [-0.15, -0.1) is 0 Å². The third-order valence-corrected chi connectivity index (χ3v) is 6.75. The molecule has 0 N–H and O–H groups in total. The number of carbonyl (C=O) groups is 2. The first-order valence-electron chi connectivity index (χ1n) is 12.5. The smallest absolute Gasteiger partial charge is 0.410 e. The van der Waals surface area contributed by atoms with Crippen molar-refractivity contribution in [3.05, 3.63) is 47.5 Å². The van der Waals surface area contributed by atoms with Gasteiger partial charge in [0.15, 0.2) is 0 Å². The predicted octanol–water partition coefficient (Wildman–Crippen LogP) is 3.90. The minimum atomic E-state index is -0.545. The van der Waals surface area contributed by atoms with Gasteiger partial charge in [-0.25, -0.2) is 13.9 Å². The number of likely N-dealkylation sites (tertiary alicyclic amines) is 1. The zero-order valence-corrected chi connectivity index (χ0v) is 21.2. The predicted molar refractivity (Wildman–Crippen MR) is 131 cm³/mol. The van der Waals surface area contributed by atoms with E-state index in [9.17, 15) is 14.0 Å². The summed E-state index contributed by atoms with van der Waals surface area (Å²) in [5, 5.41) is 4.57. The Labute approximate surface area is 206 Å². The Morgan fingerprint density at radius 2 is 1.63 bits per heavy atom. The Morgan fingerprint density at radius 1 is 1.00 bits per heavy atom. The number of amides is 2. The van der Waals surface area contributed by atoms with Crippen LogP contribution < -0.4 is 0 Å². The number of aromatic nitrogens is 2. The summed E-state index contributed by atoms with van der Waals surface area (Å²) >= 11 is 0. The summed E-state index contributed by atoms with van der Waals surface area (Å²) in [4.78, 5) is 32.1. The Balaban J connectivity index is 1.58.